The van der Waals surface area contributed by atoms with E-state index in [0.717, 1.165) is 0 Å². The summed E-state index contributed by atoms with van der Waals surface area (Å²) >= 11 is 0. The minimum Gasteiger partial charge on any atom is -0.481 e. The summed E-state index contributed by atoms with van der Waals surface area (Å²) in [6, 6.07) is 7.62. The van der Waals surface area contributed by atoms with Gasteiger partial charge in [0.15, 0.2) is 5.78 Å². The van der Waals surface area contributed by atoms with Gasteiger partial charge < -0.3 is 5.11 Å². The van der Waals surface area contributed by atoms with E-state index in [1.165, 1.54) is 5.56 Å². The van der Waals surface area contributed by atoms with E-state index in [9.17, 15) is 14.7 Å². The molecule has 0 aromatic heterocycles. The van der Waals surface area contributed by atoms with Crippen LogP contribution in [0.25, 0.3) is 0 Å². The van der Waals surface area contributed by atoms with E-state index in [-0.39, 0.29) is 17.1 Å². The Labute approximate surface area is 126 Å². The molecule has 3 nitrogen and oxygen atoms in total. The minimum atomic E-state index is -0.844. The van der Waals surface area contributed by atoms with Gasteiger partial charge in [-0.25, -0.2) is 0 Å². The Morgan fingerprint density at radius 2 is 1.57 bits per heavy atom. The van der Waals surface area contributed by atoms with E-state index < -0.39 is 11.9 Å². The maximum Gasteiger partial charge on any atom is 0.307 e. The fraction of sp³-hybridized carbons (Fsp3) is 0.556. The maximum absolute atomic E-state index is 12.6. The third kappa shape index (κ3) is 3.34. The number of carboxylic acids is 1. The first kappa shape index (κ1) is 15.7. The molecular formula is C18H24O3. The molecule has 0 saturated heterocycles. The van der Waals surface area contributed by atoms with Gasteiger partial charge in [-0.05, 0) is 29.7 Å². The molecule has 1 aliphatic carbocycles. The normalized spacial score (nSPS) is 25.8. The van der Waals surface area contributed by atoms with Crippen LogP contribution in [0.3, 0.4) is 0 Å². The molecule has 0 amide bonds. The van der Waals surface area contributed by atoms with Crippen LogP contribution in [0.2, 0.25) is 0 Å². The van der Waals surface area contributed by atoms with Crippen molar-refractivity contribution in [3.63, 3.8) is 0 Å². The number of hydrogen-bond donors (Lipinski definition) is 1. The molecular weight excluding hydrogens is 264 g/mol. The molecule has 3 heteroatoms. The van der Waals surface area contributed by atoms with Crippen molar-refractivity contribution in [2.24, 2.45) is 17.8 Å². The average molecular weight is 288 g/mol. The van der Waals surface area contributed by atoms with Crippen LogP contribution in [-0.2, 0) is 10.2 Å². The summed E-state index contributed by atoms with van der Waals surface area (Å²) in [5.41, 5.74) is 1.86. The van der Waals surface area contributed by atoms with Gasteiger partial charge in [0.1, 0.15) is 0 Å². The van der Waals surface area contributed by atoms with Crippen LogP contribution in [0.5, 0.6) is 0 Å². The van der Waals surface area contributed by atoms with Gasteiger partial charge in [-0.3, -0.25) is 9.59 Å². The lowest BCUT2D eigenvalue weighted by atomic mass is 9.84. The highest BCUT2D eigenvalue weighted by molar-refractivity contribution is 6.00. The zero-order valence-electron chi connectivity index (χ0n) is 13.2. The summed E-state index contributed by atoms with van der Waals surface area (Å²) in [4.78, 5) is 23.9. The van der Waals surface area contributed by atoms with Crippen molar-refractivity contribution in [3.05, 3.63) is 35.4 Å². The Morgan fingerprint density at radius 3 is 2.05 bits per heavy atom. The number of carbonyl (C=O) groups is 2. The van der Waals surface area contributed by atoms with Crippen LogP contribution in [0, 0.1) is 17.8 Å². The number of carbonyl (C=O) groups excluding carboxylic acids is 1. The summed E-state index contributed by atoms with van der Waals surface area (Å²) in [5, 5.41) is 9.30. The summed E-state index contributed by atoms with van der Waals surface area (Å²) in [6.45, 7) is 8.40. The van der Waals surface area contributed by atoms with Gasteiger partial charge in [-0.1, -0.05) is 52.0 Å². The quantitative estimate of drug-likeness (QED) is 0.858. The van der Waals surface area contributed by atoms with E-state index in [0.29, 0.717) is 24.3 Å². The molecule has 1 saturated carbocycles. The highest BCUT2D eigenvalue weighted by Crippen LogP contribution is 2.38. The predicted octanol–water partition coefficient (Wildman–Crippen LogP) is 3.91. The van der Waals surface area contributed by atoms with Crippen molar-refractivity contribution in [3.8, 4) is 0 Å². The highest BCUT2D eigenvalue weighted by atomic mass is 16.4. The lowest BCUT2D eigenvalue weighted by Gasteiger charge is -2.20. The van der Waals surface area contributed by atoms with Gasteiger partial charge in [0.25, 0.3) is 0 Å². The Balaban J connectivity index is 2.22. The fourth-order valence-corrected chi connectivity index (χ4v) is 3.20. The van der Waals surface area contributed by atoms with Gasteiger partial charge in [0.05, 0.1) is 5.92 Å². The monoisotopic (exact) mass is 288 g/mol. The third-order valence-electron chi connectivity index (χ3n) is 4.49. The van der Waals surface area contributed by atoms with Crippen molar-refractivity contribution in [2.45, 2.75) is 46.0 Å². The van der Waals surface area contributed by atoms with Gasteiger partial charge in [0, 0.05) is 11.5 Å². The molecule has 1 N–H and O–H groups in total. The Morgan fingerprint density at radius 1 is 1.05 bits per heavy atom. The molecule has 1 aromatic carbocycles. The zero-order chi connectivity index (χ0) is 15.8. The molecule has 1 aliphatic rings. The van der Waals surface area contributed by atoms with Crippen molar-refractivity contribution in [1.29, 1.82) is 0 Å². The Bertz CT molecular complexity index is 537. The first-order valence-corrected chi connectivity index (χ1v) is 7.57. The molecule has 21 heavy (non-hydrogen) atoms. The number of Topliss-reactive ketones (excluding diaryl/α,β-unsaturated/α-hetero) is 1. The molecule has 1 fully saturated rings. The summed E-state index contributed by atoms with van der Waals surface area (Å²) in [6.07, 6.45) is 1.28. The zero-order valence-corrected chi connectivity index (χ0v) is 13.2. The van der Waals surface area contributed by atoms with Crippen LogP contribution in [0.1, 0.15) is 56.5 Å². The Kier molecular flexibility index (Phi) is 4.22. The van der Waals surface area contributed by atoms with E-state index in [2.05, 4.69) is 20.8 Å². The highest BCUT2D eigenvalue weighted by Gasteiger charge is 2.41. The predicted molar refractivity (Wildman–Crippen MR) is 82.5 cm³/mol. The number of ketones is 1. The van der Waals surface area contributed by atoms with Crippen molar-refractivity contribution in [2.75, 3.05) is 0 Å². The van der Waals surface area contributed by atoms with Gasteiger partial charge in [-0.15, -0.1) is 0 Å². The van der Waals surface area contributed by atoms with Gasteiger partial charge in [0.2, 0.25) is 0 Å². The molecule has 1 aromatic rings. The SMILES string of the molecule is CC1CC(C(=O)O)C(C(=O)c2ccc(C(C)(C)C)cc2)C1. The number of rotatable bonds is 3. The number of benzene rings is 1. The Hall–Kier alpha value is -1.64. The summed E-state index contributed by atoms with van der Waals surface area (Å²) in [7, 11) is 0. The van der Waals surface area contributed by atoms with Crippen LogP contribution < -0.4 is 0 Å². The van der Waals surface area contributed by atoms with Crippen molar-refractivity contribution in [1.82, 2.24) is 0 Å². The number of aliphatic carboxylic acids is 1. The largest absolute Gasteiger partial charge is 0.481 e. The lowest BCUT2D eigenvalue weighted by molar-refractivity contribution is -0.142. The first-order chi connectivity index (χ1) is 9.70. The third-order valence-corrected chi connectivity index (χ3v) is 4.49. The molecule has 0 bridgehead atoms. The van der Waals surface area contributed by atoms with E-state index >= 15 is 0 Å². The second-order valence-electron chi connectivity index (χ2n) is 7.32. The number of carboxylic acid groups (broad SMARTS) is 1. The van der Waals surface area contributed by atoms with Crippen LogP contribution in [0.4, 0.5) is 0 Å². The van der Waals surface area contributed by atoms with Crippen LogP contribution in [-0.4, -0.2) is 16.9 Å². The van der Waals surface area contributed by atoms with E-state index in [4.69, 9.17) is 0 Å². The molecule has 0 aliphatic heterocycles. The molecule has 0 radical (unpaired) electrons. The smallest absolute Gasteiger partial charge is 0.307 e. The van der Waals surface area contributed by atoms with Crippen molar-refractivity contribution >= 4 is 11.8 Å². The molecule has 0 spiro atoms. The lowest BCUT2D eigenvalue weighted by Crippen LogP contribution is -2.25. The summed E-state index contributed by atoms with van der Waals surface area (Å²) in [5.74, 6) is -1.47. The van der Waals surface area contributed by atoms with E-state index in [1.807, 2.05) is 31.2 Å². The molecule has 3 atom stereocenters. The van der Waals surface area contributed by atoms with Gasteiger partial charge in [-0.2, -0.15) is 0 Å². The molecule has 3 unspecified atom stereocenters. The summed E-state index contributed by atoms with van der Waals surface area (Å²) < 4.78 is 0. The van der Waals surface area contributed by atoms with E-state index in [1.54, 1.807) is 0 Å². The maximum atomic E-state index is 12.6. The van der Waals surface area contributed by atoms with Crippen LogP contribution in [0.15, 0.2) is 24.3 Å². The van der Waals surface area contributed by atoms with Gasteiger partial charge >= 0.3 is 5.97 Å². The molecule has 2 rings (SSSR count). The minimum absolute atomic E-state index is 0.0211. The first-order valence-electron chi connectivity index (χ1n) is 7.57. The second-order valence-corrected chi connectivity index (χ2v) is 7.32. The topological polar surface area (TPSA) is 54.4 Å². The number of hydrogen-bond acceptors (Lipinski definition) is 2. The molecule has 0 heterocycles. The standard InChI is InChI=1S/C18H24O3/c1-11-9-14(15(10-11)17(20)21)16(19)12-5-7-13(8-6-12)18(2,3)4/h5-8,11,14-15H,9-10H2,1-4H3,(H,20,21). The second kappa shape index (κ2) is 5.63. The molecule has 114 valence electrons. The average Bonchev–Trinajstić information content (AvgIpc) is 2.79. The van der Waals surface area contributed by atoms with Crippen molar-refractivity contribution < 1.29 is 14.7 Å². The fourth-order valence-electron chi connectivity index (χ4n) is 3.20. The van der Waals surface area contributed by atoms with Crippen LogP contribution >= 0.6 is 0 Å².